The number of esters is 2. The van der Waals surface area contributed by atoms with Gasteiger partial charge >= 0.3 is 11.9 Å². The Morgan fingerprint density at radius 2 is 1.35 bits per heavy atom. The number of benzene rings is 3. The quantitative estimate of drug-likeness (QED) is 0.0526. The molecule has 1 aliphatic carbocycles. The zero-order valence-corrected chi connectivity index (χ0v) is 50.0. The van der Waals surface area contributed by atoms with Crippen molar-refractivity contribution in [1.29, 1.82) is 0 Å². The average Bonchev–Trinajstić information content (AvgIpc) is 1.52. The minimum atomic E-state index is -1.02. The maximum Gasteiger partial charge on any atom is 0.320 e. The predicted molar refractivity (Wildman–Crippen MR) is 320 cm³/mol. The number of imidazole rings is 1. The van der Waals surface area contributed by atoms with Gasteiger partial charge in [-0.05, 0) is 85.2 Å². The van der Waals surface area contributed by atoms with Crippen LogP contribution in [0.25, 0.3) is 44.6 Å². The number of nitrogens with two attached hydrogens (primary N) is 1. The first-order valence-corrected chi connectivity index (χ1v) is 29.8. The largest absolute Gasteiger partial charge is 0.465 e. The fraction of sp³-hybridized carbons (Fsp3) is 0.541. The van der Waals surface area contributed by atoms with Crippen molar-refractivity contribution in [1.82, 2.24) is 54.3 Å². The molecule has 0 bridgehead atoms. The van der Waals surface area contributed by atoms with Crippen molar-refractivity contribution in [2.45, 2.75) is 85.7 Å². The van der Waals surface area contributed by atoms with E-state index in [1.165, 1.54) is 6.33 Å². The van der Waals surface area contributed by atoms with Crippen LogP contribution in [0.2, 0.25) is 0 Å². The van der Waals surface area contributed by atoms with Gasteiger partial charge in [-0.25, -0.2) is 19.5 Å². The Kier molecular flexibility index (Phi) is 20.6. The zero-order valence-electron chi connectivity index (χ0n) is 50.0. The summed E-state index contributed by atoms with van der Waals surface area (Å²) >= 11 is 0. The third kappa shape index (κ3) is 14.3. The molecule has 0 saturated carbocycles. The maximum absolute atomic E-state index is 14.7. The first-order chi connectivity index (χ1) is 40.6. The third-order valence-electron chi connectivity index (χ3n) is 16.0. The van der Waals surface area contributed by atoms with Gasteiger partial charge in [-0.15, -0.1) is 0 Å². The van der Waals surface area contributed by atoms with Crippen LogP contribution in [-0.2, 0) is 38.1 Å². The molecule has 23 nitrogen and oxygen atoms in total. The van der Waals surface area contributed by atoms with Gasteiger partial charge in [0.15, 0.2) is 29.6 Å². The van der Waals surface area contributed by atoms with Crippen molar-refractivity contribution < 1.29 is 47.3 Å². The van der Waals surface area contributed by atoms with E-state index in [4.69, 9.17) is 33.8 Å². The van der Waals surface area contributed by atoms with Gasteiger partial charge in [-0.1, -0.05) is 18.2 Å². The Morgan fingerprint density at radius 1 is 0.726 bits per heavy atom. The van der Waals surface area contributed by atoms with Crippen molar-refractivity contribution in [3.63, 3.8) is 0 Å². The summed E-state index contributed by atoms with van der Waals surface area (Å²) in [6, 6.07) is 20.5. The van der Waals surface area contributed by atoms with Gasteiger partial charge in [0.25, 0.3) is 11.8 Å². The molecule has 0 spiro atoms. The van der Waals surface area contributed by atoms with Gasteiger partial charge in [0.2, 0.25) is 5.36 Å². The number of carbonyl (C=O) groups is 4. The van der Waals surface area contributed by atoms with Gasteiger partial charge in [-0.3, -0.25) is 43.3 Å². The second-order valence-corrected chi connectivity index (χ2v) is 21.7. The molecule has 452 valence electrons. The smallest absolute Gasteiger partial charge is 0.320 e. The lowest BCUT2D eigenvalue weighted by molar-refractivity contribution is -0.197. The van der Waals surface area contributed by atoms with Crippen LogP contribution in [0.4, 0.5) is 11.5 Å². The number of carbonyl (C=O) groups excluding carboxylic acids is 4. The summed E-state index contributed by atoms with van der Waals surface area (Å²) in [4.78, 5) is 78.7. The van der Waals surface area contributed by atoms with Gasteiger partial charge in [0.05, 0.1) is 38.7 Å². The van der Waals surface area contributed by atoms with Crippen LogP contribution < -0.4 is 31.2 Å². The van der Waals surface area contributed by atoms with Crippen molar-refractivity contribution in [2.24, 2.45) is 0 Å². The molecule has 0 radical (unpaired) electrons. The van der Waals surface area contributed by atoms with E-state index >= 15 is 0 Å². The second-order valence-electron chi connectivity index (χ2n) is 21.7. The summed E-state index contributed by atoms with van der Waals surface area (Å²) < 4.78 is 40.6. The highest BCUT2D eigenvalue weighted by Gasteiger charge is 2.58. The molecule has 9 rings (SSSR count). The Labute approximate surface area is 491 Å². The summed E-state index contributed by atoms with van der Waals surface area (Å²) in [6.07, 6.45) is -0.271. The lowest BCUT2D eigenvalue weighted by Crippen LogP contribution is -2.50. The Bertz CT molecular complexity index is 3280. The molecule has 6 heterocycles. The number of aromatic nitrogens is 4. The van der Waals surface area contributed by atoms with Crippen LogP contribution in [0.15, 0.2) is 77.7 Å². The van der Waals surface area contributed by atoms with Crippen LogP contribution in [0.5, 0.6) is 0 Å². The number of anilines is 2. The molecule has 2 aromatic carbocycles. The highest BCUT2D eigenvalue weighted by Crippen LogP contribution is 2.45. The van der Waals surface area contributed by atoms with Crippen LogP contribution in [0, 0.1) is 0 Å². The van der Waals surface area contributed by atoms with E-state index in [0.717, 1.165) is 70.6 Å². The number of hydrogen-bond donors (Lipinski definition) is 3. The third-order valence-corrected chi connectivity index (χ3v) is 16.0. The molecule has 5 aliphatic rings. The van der Waals surface area contributed by atoms with Crippen LogP contribution >= 0.6 is 0 Å². The van der Waals surface area contributed by atoms with Crippen molar-refractivity contribution >= 4 is 57.4 Å². The topological polar surface area (TPSA) is 240 Å². The molecule has 3 saturated heterocycles. The highest BCUT2D eigenvalue weighted by molar-refractivity contribution is 6.09. The number of nitrogen functional groups attached to an aromatic ring is 1. The summed E-state index contributed by atoms with van der Waals surface area (Å²) in [5.74, 6) is -1.25. The fourth-order valence-corrected chi connectivity index (χ4v) is 11.7. The first-order valence-electron chi connectivity index (χ1n) is 29.8. The van der Waals surface area contributed by atoms with Gasteiger partial charge < -0.3 is 49.4 Å². The van der Waals surface area contributed by atoms with E-state index in [9.17, 15) is 19.2 Å². The monoisotopic (exact) mass is 1160 g/mol. The summed E-state index contributed by atoms with van der Waals surface area (Å²) in [5.41, 5.74) is 11.9. The Morgan fingerprint density at radius 3 is 1.98 bits per heavy atom. The van der Waals surface area contributed by atoms with E-state index in [0.29, 0.717) is 88.7 Å². The van der Waals surface area contributed by atoms with Crippen LogP contribution in [0.1, 0.15) is 72.0 Å². The molecule has 4 atom stereocenters. The molecule has 4 N–H and O–H groups in total. The lowest BCUT2D eigenvalue weighted by atomic mass is 9.90. The van der Waals surface area contributed by atoms with E-state index in [-0.39, 0.29) is 62.4 Å². The van der Waals surface area contributed by atoms with Crippen LogP contribution in [-0.4, -0.2) is 218 Å². The number of nitrogens with zero attached hydrogens (tertiary/aromatic N) is 10. The van der Waals surface area contributed by atoms with Gasteiger partial charge in [0.1, 0.15) is 48.5 Å². The summed E-state index contributed by atoms with van der Waals surface area (Å²) in [5, 5.41) is 8.37. The first kappa shape index (κ1) is 61.4. The lowest BCUT2D eigenvalue weighted by Gasteiger charge is -2.34. The second kappa shape index (κ2) is 28.2. The molecule has 2 aromatic heterocycles. The van der Waals surface area contributed by atoms with E-state index in [1.807, 2.05) is 29.2 Å². The molecule has 84 heavy (non-hydrogen) atoms. The Hall–Kier alpha value is -7.12. The van der Waals surface area contributed by atoms with Gasteiger partial charge in [-0.2, -0.15) is 0 Å². The number of rotatable bonds is 21. The van der Waals surface area contributed by atoms with E-state index in [2.05, 4.69) is 114 Å². The predicted octanol–water partition coefficient (Wildman–Crippen LogP) is 3.90. The average molecular weight is 1160 g/mol. The number of nitrogens with one attached hydrogen (secondary N) is 2. The molecule has 3 fully saturated rings. The van der Waals surface area contributed by atoms with Crippen molar-refractivity contribution in [3.8, 4) is 22.5 Å². The molecule has 4 aromatic rings. The number of fused-ring (bicyclic) bond motifs is 4. The zero-order chi connectivity index (χ0) is 59.5. The molecule has 4 aliphatic heterocycles. The SMILES string of the molecule is CCOC(=O)CN1CCN(CCNC(=O)c2ccccc2-c2c3ccc(=[N+](CC)CC)cc-3oc3cc(N(CC)CC)ccc23)CCN(CCNC(=O)[C@H]2O[C@@H](n3cnc4c(N)ncnc43)[C@@H]3OC(C)(C)O[C@@H]32)CCN(CC(=O)OCC)CC1. The normalized spacial score (nSPS) is 20.1. The van der Waals surface area contributed by atoms with Crippen LogP contribution in [0.3, 0.4) is 0 Å². The minimum absolute atomic E-state index is 0.0772. The maximum atomic E-state index is 14.7. The standard InChI is InChI=1S/C61H83N13O10/c1-9-72(10-2)41-19-21-45-47(35-41)81-48-36-42(73(11-3)12-4)20-22-46(48)51(45)43-17-15-16-18-44(43)58(77)63-23-25-68-27-28-69(30-32-71(38-50(76)80-14-6)34-33-70(31-29-68)37-49(75)79-13-5)26-24-64-59(78)54-53-55(84-61(7,8)83-53)60(82-54)74-40-67-52-56(62)65-39-66-57(52)74/h15-22,35-36,39-40,53-55,60H,9-14,23-34,37-38H2,1-8H3,(H3-,62,63,64,65,66,77,78)/p+1/t53-,54+,55-,60-/m1/s1. The van der Waals surface area contributed by atoms with E-state index < -0.39 is 30.3 Å². The Balaban J connectivity index is 0.933. The van der Waals surface area contributed by atoms with Gasteiger partial charge in [0, 0.05) is 132 Å². The molecule has 2 amide bonds. The fourth-order valence-electron chi connectivity index (χ4n) is 11.7. The molecule has 23 heteroatoms. The number of amides is 2. The van der Waals surface area contributed by atoms with E-state index in [1.54, 1.807) is 38.6 Å². The molecular formula is C61H84N13O10+. The molecule has 0 unspecified atom stereocenters. The highest BCUT2D eigenvalue weighted by atomic mass is 16.8. The summed E-state index contributed by atoms with van der Waals surface area (Å²) in [7, 11) is 0. The summed E-state index contributed by atoms with van der Waals surface area (Å²) in [6.45, 7) is 25.7. The number of ether oxygens (including phenoxy) is 5. The van der Waals surface area contributed by atoms with Crippen molar-refractivity contribution in [3.05, 3.63) is 84.2 Å². The number of hydrogen-bond acceptors (Lipinski definition) is 19. The minimum Gasteiger partial charge on any atom is -0.465 e. The van der Waals surface area contributed by atoms with Crippen molar-refractivity contribution in [2.75, 3.05) is 142 Å². The molecular weight excluding hydrogens is 1070 g/mol.